The molecule has 0 bridgehead atoms. The van der Waals surface area contributed by atoms with Crippen LogP contribution in [0.5, 0.6) is 0 Å². The Morgan fingerprint density at radius 2 is 2.11 bits per heavy atom. The Kier molecular flexibility index (Phi) is 4.20. The van der Waals surface area contributed by atoms with Crippen molar-refractivity contribution in [1.82, 2.24) is 4.90 Å². The van der Waals surface area contributed by atoms with E-state index in [1.54, 1.807) is 0 Å². The van der Waals surface area contributed by atoms with Crippen molar-refractivity contribution in [2.45, 2.75) is 25.9 Å². The van der Waals surface area contributed by atoms with Crippen molar-refractivity contribution in [3.8, 4) is 0 Å². The van der Waals surface area contributed by atoms with Crippen LogP contribution in [0.3, 0.4) is 0 Å². The van der Waals surface area contributed by atoms with Gasteiger partial charge in [-0.1, -0.05) is 37.6 Å². The summed E-state index contributed by atoms with van der Waals surface area (Å²) in [4.78, 5) is 12.8. The molecule has 1 N–H and O–H groups in total. The van der Waals surface area contributed by atoms with Crippen LogP contribution in [0, 0.1) is 0 Å². The zero-order valence-corrected chi connectivity index (χ0v) is 10.6. The molecular formula is C14H19NO3. The van der Waals surface area contributed by atoms with E-state index in [0.717, 1.165) is 18.4 Å². The van der Waals surface area contributed by atoms with Gasteiger partial charge >= 0.3 is 6.09 Å². The molecule has 1 saturated heterocycles. The maximum absolute atomic E-state index is 11.3. The summed E-state index contributed by atoms with van der Waals surface area (Å²) in [6, 6.07) is 7.92. The lowest BCUT2D eigenvalue weighted by atomic mass is 10.0. The number of aliphatic hydroxyl groups is 1. The molecule has 4 heteroatoms. The van der Waals surface area contributed by atoms with Gasteiger partial charge in [0.2, 0.25) is 0 Å². The van der Waals surface area contributed by atoms with Gasteiger partial charge in [0, 0.05) is 0 Å². The molecule has 1 amide bonds. The molecule has 0 radical (unpaired) electrons. The minimum Gasteiger partial charge on any atom is -0.448 e. The summed E-state index contributed by atoms with van der Waals surface area (Å²) in [6.07, 6.45) is 1.18. The van der Waals surface area contributed by atoms with E-state index in [1.165, 1.54) is 10.5 Å². The van der Waals surface area contributed by atoms with Crippen molar-refractivity contribution in [2.24, 2.45) is 0 Å². The number of rotatable bonds is 5. The topological polar surface area (TPSA) is 49.8 Å². The molecular weight excluding hydrogens is 230 g/mol. The minimum atomic E-state index is -0.647. The summed E-state index contributed by atoms with van der Waals surface area (Å²) in [7, 11) is 0. The molecule has 1 heterocycles. The van der Waals surface area contributed by atoms with E-state index in [4.69, 9.17) is 4.74 Å². The van der Waals surface area contributed by atoms with Gasteiger partial charge in [-0.05, 0) is 17.5 Å². The first kappa shape index (κ1) is 12.9. The number of aryl methyl sites for hydroxylation is 1. The summed E-state index contributed by atoms with van der Waals surface area (Å²) in [5, 5.41) is 10.1. The second-order valence-corrected chi connectivity index (χ2v) is 4.57. The number of benzene rings is 1. The van der Waals surface area contributed by atoms with Crippen LogP contribution in [0.2, 0.25) is 0 Å². The van der Waals surface area contributed by atoms with E-state index in [-0.39, 0.29) is 6.09 Å². The second-order valence-electron chi connectivity index (χ2n) is 4.57. The molecule has 98 valence electrons. The molecule has 0 spiro atoms. The number of hydrogen-bond acceptors (Lipinski definition) is 3. The highest BCUT2D eigenvalue weighted by Crippen LogP contribution is 2.17. The number of aliphatic hydroxyl groups excluding tert-OH is 1. The largest absolute Gasteiger partial charge is 0.448 e. The van der Waals surface area contributed by atoms with Crippen molar-refractivity contribution >= 4 is 6.09 Å². The Labute approximate surface area is 107 Å². The number of hydrogen-bond donors (Lipinski definition) is 1. The average Bonchev–Trinajstić information content (AvgIpc) is 2.76. The lowest BCUT2D eigenvalue weighted by Crippen LogP contribution is -2.29. The summed E-state index contributed by atoms with van der Waals surface area (Å²) < 4.78 is 4.83. The average molecular weight is 249 g/mol. The highest BCUT2D eigenvalue weighted by molar-refractivity contribution is 5.69. The Morgan fingerprint density at radius 3 is 2.67 bits per heavy atom. The fourth-order valence-corrected chi connectivity index (χ4v) is 2.10. The van der Waals surface area contributed by atoms with Crippen LogP contribution < -0.4 is 0 Å². The van der Waals surface area contributed by atoms with Crippen molar-refractivity contribution in [3.63, 3.8) is 0 Å². The SMILES string of the molecule is CCCc1ccc(C(O)CN2CCOC2=O)cc1. The van der Waals surface area contributed by atoms with E-state index in [0.29, 0.717) is 19.7 Å². The van der Waals surface area contributed by atoms with Crippen molar-refractivity contribution in [3.05, 3.63) is 35.4 Å². The van der Waals surface area contributed by atoms with Gasteiger partial charge in [-0.2, -0.15) is 0 Å². The van der Waals surface area contributed by atoms with Crippen molar-refractivity contribution in [2.75, 3.05) is 19.7 Å². The number of carbonyl (C=O) groups is 1. The van der Waals surface area contributed by atoms with Crippen LogP contribution in [0.15, 0.2) is 24.3 Å². The first-order chi connectivity index (χ1) is 8.70. The number of ether oxygens (including phenoxy) is 1. The Bertz CT molecular complexity index is 402. The molecule has 0 aliphatic carbocycles. The van der Waals surface area contributed by atoms with Gasteiger partial charge < -0.3 is 14.7 Å². The Balaban J connectivity index is 1.95. The fourth-order valence-electron chi connectivity index (χ4n) is 2.10. The van der Waals surface area contributed by atoms with E-state index >= 15 is 0 Å². The quantitative estimate of drug-likeness (QED) is 0.869. The number of cyclic esters (lactones) is 1. The molecule has 1 aromatic carbocycles. The first-order valence-electron chi connectivity index (χ1n) is 6.39. The molecule has 2 rings (SSSR count). The maximum atomic E-state index is 11.3. The highest BCUT2D eigenvalue weighted by atomic mass is 16.6. The predicted molar refractivity (Wildman–Crippen MR) is 68.3 cm³/mol. The van der Waals surface area contributed by atoms with Crippen LogP contribution in [0.25, 0.3) is 0 Å². The third kappa shape index (κ3) is 3.01. The molecule has 1 aliphatic heterocycles. The zero-order valence-electron chi connectivity index (χ0n) is 10.6. The molecule has 18 heavy (non-hydrogen) atoms. The number of amides is 1. The molecule has 0 aromatic heterocycles. The lowest BCUT2D eigenvalue weighted by Gasteiger charge is -2.18. The van der Waals surface area contributed by atoms with Gasteiger partial charge in [0.05, 0.1) is 19.2 Å². The second kappa shape index (κ2) is 5.87. The fraction of sp³-hybridized carbons (Fsp3) is 0.500. The highest BCUT2D eigenvalue weighted by Gasteiger charge is 2.24. The summed E-state index contributed by atoms with van der Waals surface area (Å²) >= 11 is 0. The van der Waals surface area contributed by atoms with E-state index < -0.39 is 6.10 Å². The van der Waals surface area contributed by atoms with Gasteiger partial charge in [-0.25, -0.2) is 4.79 Å². The van der Waals surface area contributed by atoms with Crippen LogP contribution in [-0.2, 0) is 11.2 Å². The summed E-state index contributed by atoms with van der Waals surface area (Å²) in [6.45, 7) is 3.42. The van der Waals surface area contributed by atoms with E-state index in [1.807, 2.05) is 24.3 Å². The van der Waals surface area contributed by atoms with E-state index in [9.17, 15) is 9.90 Å². The molecule has 4 nitrogen and oxygen atoms in total. The normalized spacial score (nSPS) is 16.8. The minimum absolute atomic E-state index is 0.298. The molecule has 1 aromatic rings. The third-order valence-corrected chi connectivity index (χ3v) is 3.14. The zero-order chi connectivity index (χ0) is 13.0. The van der Waals surface area contributed by atoms with Crippen molar-refractivity contribution in [1.29, 1.82) is 0 Å². The molecule has 1 atom stereocenters. The summed E-state index contributed by atoms with van der Waals surface area (Å²) in [5.74, 6) is 0. The van der Waals surface area contributed by atoms with Gasteiger partial charge in [0.25, 0.3) is 0 Å². The van der Waals surface area contributed by atoms with Crippen LogP contribution >= 0.6 is 0 Å². The Hall–Kier alpha value is -1.55. The molecule has 1 aliphatic rings. The van der Waals surface area contributed by atoms with Crippen LogP contribution in [-0.4, -0.2) is 35.8 Å². The molecule has 1 fully saturated rings. The number of β-amino-alcohol motifs (C(OH)–C–C–N with tert-alkyl or cyclic N) is 1. The monoisotopic (exact) mass is 249 g/mol. The van der Waals surface area contributed by atoms with Crippen molar-refractivity contribution < 1.29 is 14.6 Å². The molecule has 1 unspecified atom stereocenters. The first-order valence-corrected chi connectivity index (χ1v) is 6.39. The van der Waals surface area contributed by atoms with Gasteiger partial charge in [0.15, 0.2) is 0 Å². The van der Waals surface area contributed by atoms with Gasteiger partial charge in [-0.3, -0.25) is 0 Å². The van der Waals surface area contributed by atoms with Crippen LogP contribution in [0.1, 0.15) is 30.6 Å². The number of nitrogens with zero attached hydrogens (tertiary/aromatic N) is 1. The Morgan fingerprint density at radius 1 is 1.39 bits per heavy atom. The predicted octanol–water partition coefficient (Wildman–Crippen LogP) is 2.12. The molecule has 0 saturated carbocycles. The number of carbonyl (C=O) groups excluding carboxylic acids is 1. The van der Waals surface area contributed by atoms with E-state index in [2.05, 4.69) is 6.92 Å². The van der Waals surface area contributed by atoms with Gasteiger partial charge in [-0.15, -0.1) is 0 Å². The smallest absolute Gasteiger partial charge is 0.410 e. The van der Waals surface area contributed by atoms with Crippen LogP contribution in [0.4, 0.5) is 4.79 Å². The third-order valence-electron chi connectivity index (χ3n) is 3.14. The van der Waals surface area contributed by atoms with Gasteiger partial charge in [0.1, 0.15) is 6.61 Å². The maximum Gasteiger partial charge on any atom is 0.410 e. The standard InChI is InChI=1S/C14H19NO3/c1-2-3-11-4-6-12(7-5-11)13(16)10-15-8-9-18-14(15)17/h4-7,13,16H,2-3,8-10H2,1H3. The summed E-state index contributed by atoms with van der Waals surface area (Å²) in [5.41, 5.74) is 2.11. The lowest BCUT2D eigenvalue weighted by molar-refractivity contribution is 0.118.